The topological polar surface area (TPSA) is 63.6 Å². The van der Waals surface area contributed by atoms with Gasteiger partial charge >= 0.3 is 5.97 Å². The van der Waals surface area contributed by atoms with Gasteiger partial charge in [-0.3, -0.25) is 4.79 Å². The minimum Gasteiger partial charge on any atom is -0.428 e. The largest absolute Gasteiger partial charge is 0.428 e. The average molecular weight is 244 g/mol. The summed E-state index contributed by atoms with van der Waals surface area (Å²) in [5.41, 5.74) is 1.49. The molecule has 1 aromatic carbocycles. The first-order valence-electron chi connectivity index (χ1n) is 5.72. The summed E-state index contributed by atoms with van der Waals surface area (Å²) in [5.74, 6) is -0.779. The van der Waals surface area contributed by atoms with E-state index < -0.39 is 12.3 Å². The maximum Gasteiger partial charge on any atom is 0.341 e. The Hall–Kier alpha value is -1.94. The molecule has 1 unspecified atom stereocenters. The first kappa shape index (κ1) is 11.2. The number of rotatable bonds is 0. The van der Waals surface area contributed by atoms with Crippen molar-refractivity contribution >= 4 is 11.8 Å². The van der Waals surface area contributed by atoms with E-state index in [9.17, 15) is 14.7 Å². The van der Waals surface area contributed by atoms with Gasteiger partial charge in [-0.05, 0) is 17.7 Å². The lowest BCUT2D eigenvalue weighted by Gasteiger charge is -2.28. The lowest BCUT2D eigenvalue weighted by Crippen LogP contribution is -2.24. The van der Waals surface area contributed by atoms with Gasteiger partial charge in [0.2, 0.25) is 6.29 Å². The fourth-order valence-electron chi connectivity index (χ4n) is 2.54. The highest BCUT2D eigenvalue weighted by Crippen LogP contribution is 2.40. The van der Waals surface area contributed by atoms with E-state index in [1.807, 2.05) is 19.9 Å². The van der Waals surface area contributed by atoms with E-state index in [-0.39, 0.29) is 16.8 Å². The van der Waals surface area contributed by atoms with Crippen LogP contribution in [0.2, 0.25) is 0 Å². The van der Waals surface area contributed by atoms with Gasteiger partial charge in [-0.2, -0.15) is 0 Å². The zero-order valence-corrected chi connectivity index (χ0v) is 10.1. The molecule has 18 heavy (non-hydrogen) atoms. The zero-order chi connectivity index (χ0) is 13.1. The molecule has 1 aliphatic heterocycles. The third kappa shape index (κ3) is 1.29. The van der Waals surface area contributed by atoms with Crippen LogP contribution < -0.4 is 0 Å². The molecule has 0 aromatic heterocycles. The van der Waals surface area contributed by atoms with E-state index in [0.717, 1.165) is 5.56 Å². The quantitative estimate of drug-likeness (QED) is 0.708. The van der Waals surface area contributed by atoms with E-state index >= 15 is 0 Å². The predicted molar refractivity (Wildman–Crippen MR) is 63.3 cm³/mol. The highest BCUT2D eigenvalue weighted by Gasteiger charge is 2.38. The molecule has 0 saturated carbocycles. The molecular weight excluding hydrogens is 232 g/mol. The van der Waals surface area contributed by atoms with Crippen molar-refractivity contribution in [2.24, 2.45) is 0 Å². The van der Waals surface area contributed by atoms with E-state index in [2.05, 4.69) is 0 Å². The van der Waals surface area contributed by atoms with Crippen molar-refractivity contribution in [3.63, 3.8) is 0 Å². The highest BCUT2D eigenvalue weighted by atomic mass is 16.6. The third-order valence-electron chi connectivity index (χ3n) is 3.52. The molecule has 1 atom stereocenters. The number of allylic oxidation sites excluding steroid dienone is 2. The summed E-state index contributed by atoms with van der Waals surface area (Å²) in [6.07, 6.45) is 1.97. The van der Waals surface area contributed by atoms with Gasteiger partial charge in [0.1, 0.15) is 0 Å². The molecular formula is C14H12O4. The van der Waals surface area contributed by atoms with Crippen LogP contribution in [0.3, 0.4) is 0 Å². The average Bonchev–Trinajstić information content (AvgIpc) is 2.60. The minimum atomic E-state index is -1.34. The summed E-state index contributed by atoms with van der Waals surface area (Å²) in [5, 5.41) is 9.78. The van der Waals surface area contributed by atoms with Crippen molar-refractivity contribution in [1.82, 2.24) is 0 Å². The first-order valence-corrected chi connectivity index (χ1v) is 5.72. The van der Waals surface area contributed by atoms with Crippen molar-refractivity contribution in [2.75, 3.05) is 0 Å². The van der Waals surface area contributed by atoms with E-state index in [4.69, 9.17) is 4.74 Å². The number of aliphatic hydroxyl groups is 1. The lowest BCUT2D eigenvalue weighted by molar-refractivity contribution is -0.0550. The molecule has 4 nitrogen and oxygen atoms in total. The van der Waals surface area contributed by atoms with Crippen molar-refractivity contribution in [2.45, 2.75) is 25.6 Å². The van der Waals surface area contributed by atoms with Crippen molar-refractivity contribution in [1.29, 1.82) is 0 Å². The molecule has 3 rings (SSSR count). The number of carbonyl (C=O) groups is 2. The van der Waals surface area contributed by atoms with E-state index in [1.54, 1.807) is 12.1 Å². The molecule has 0 spiro atoms. The van der Waals surface area contributed by atoms with Gasteiger partial charge in [0, 0.05) is 16.5 Å². The van der Waals surface area contributed by atoms with Gasteiger partial charge in [-0.1, -0.05) is 26.0 Å². The number of carbonyl (C=O) groups excluding carboxylic acids is 2. The van der Waals surface area contributed by atoms with E-state index in [0.29, 0.717) is 11.1 Å². The van der Waals surface area contributed by atoms with Crippen molar-refractivity contribution in [3.05, 3.63) is 46.5 Å². The minimum absolute atomic E-state index is 0.196. The van der Waals surface area contributed by atoms with Gasteiger partial charge in [-0.15, -0.1) is 0 Å². The molecule has 0 fully saturated rings. The molecule has 1 aliphatic carbocycles. The number of hydrogen-bond acceptors (Lipinski definition) is 4. The molecule has 0 bridgehead atoms. The maximum atomic E-state index is 12.0. The Morgan fingerprint density at radius 1 is 1.28 bits per heavy atom. The van der Waals surface area contributed by atoms with Crippen LogP contribution in [0, 0.1) is 0 Å². The van der Waals surface area contributed by atoms with Crippen molar-refractivity contribution in [3.8, 4) is 0 Å². The van der Waals surface area contributed by atoms with Crippen LogP contribution in [-0.2, 0) is 10.2 Å². The second-order valence-electron chi connectivity index (χ2n) is 5.13. The standard InChI is InChI=1S/C14H12O4/c1-14(2)6-5-9(15)11-8(14)4-3-7-10(11)13(17)18-12(7)16/h3-6,13,17H,1-2H3. The van der Waals surface area contributed by atoms with Gasteiger partial charge in [0.25, 0.3) is 0 Å². The maximum absolute atomic E-state index is 12.0. The number of ketones is 1. The molecule has 1 heterocycles. The van der Waals surface area contributed by atoms with Crippen LogP contribution in [0.25, 0.3) is 0 Å². The summed E-state index contributed by atoms with van der Waals surface area (Å²) < 4.78 is 4.75. The van der Waals surface area contributed by atoms with E-state index in [1.165, 1.54) is 6.08 Å². The molecule has 0 amide bonds. The number of hydrogen-bond donors (Lipinski definition) is 1. The third-order valence-corrected chi connectivity index (χ3v) is 3.52. The summed E-state index contributed by atoms with van der Waals surface area (Å²) in [6, 6.07) is 3.37. The van der Waals surface area contributed by atoms with Gasteiger partial charge in [0.05, 0.1) is 5.56 Å². The second-order valence-corrected chi connectivity index (χ2v) is 5.13. The Labute approximate surface area is 104 Å². The Balaban J connectivity index is 2.36. The molecule has 1 N–H and O–H groups in total. The smallest absolute Gasteiger partial charge is 0.341 e. The number of cyclic esters (lactones) is 1. The SMILES string of the molecule is CC1(C)C=CC(=O)c2c1ccc1c2C(O)OC1=O. The molecule has 1 aromatic rings. The summed E-state index contributed by atoms with van der Waals surface area (Å²) >= 11 is 0. The van der Waals surface area contributed by atoms with Gasteiger partial charge in [-0.25, -0.2) is 4.79 Å². The second kappa shape index (κ2) is 3.29. The molecule has 0 saturated heterocycles. The van der Waals surface area contributed by atoms with Crippen LogP contribution in [0.4, 0.5) is 0 Å². The number of esters is 1. The Kier molecular flexibility index (Phi) is 2.04. The van der Waals surface area contributed by atoms with Crippen LogP contribution in [0.15, 0.2) is 24.3 Å². The van der Waals surface area contributed by atoms with Crippen LogP contribution in [-0.4, -0.2) is 16.9 Å². The first-order chi connectivity index (χ1) is 8.42. The summed E-state index contributed by atoms with van der Waals surface area (Å²) in [4.78, 5) is 23.5. The fourth-order valence-corrected chi connectivity index (χ4v) is 2.54. The normalized spacial score (nSPS) is 23.6. The van der Waals surface area contributed by atoms with Crippen LogP contribution in [0.1, 0.15) is 52.0 Å². The summed E-state index contributed by atoms with van der Waals surface area (Å²) in [7, 11) is 0. The Morgan fingerprint density at radius 3 is 2.72 bits per heavy atom. The molecule has 0 radical (unpaired) electrons. The Bertz CT molecular complexity index is 610. The summed E-state index contributed by atoms with van der Waals surface area (Å²) in [6.45, 7) is 3.95. The fraction of sp³-hybridized carbons (Fsp3) is 0.286. The lowest BCUT2D eigenvalue weighted by atomic mass is 9.74. The number of benzene rings is 1. The molecule has 92 valence electrons. The molecule has 2 aliphatic rings. The zero-order valence-electron chi connectivity index (χ0n) is 10.1. The van der Waals surface area contributed by atoms with Crippen LogP contribution >= 0.6 is 0 Å². The number of aliphatic hydroxyl groups excluding tert-OH is 1. The highest BCUT2D eigenvalue weighted by molar-refractivity contribution is 6.11. The van der Waals surface area contributed by atoms with Gasteiger partial charge < -0.3 is 9.84 Å². The number of ether oxygens (including phenoxy) is 1. The monoisotopic (exact) mass is 244 g/mol. The van der Waals surface area contributed by atoms with Crippen LogP contribution in [0.5, 0.6) is 0 Å². The van der Waals surface area contributed by atoms with Gasteiger partial charge in [0.15, 0.2) is 5.78 Å². The predicted octanol–water partition coefficient (Wildman–Crippen LogP) is 1.88. The molecule has 4 heteroatoms. The number of fused-ring (bicyclic) bond motifs is 3. The Morgan fingerprint density at radius 2 is 2.00 bits per heavy atom. The van der Waals surface area contributed by atoms with Crippen molar-refractivity contribution < 1.29 is 19.4 Å².